The molecular formula is C14H24N2O2. The number of benzene rings is 1. The van der Waals surface area contributed by atoms with Crippen molar-refractivity contribution in [3.05, 3.63) is 29.8 Å². The Kier molecular flexibility index (Phi) is 6.72. The Balaban J connectivity index is 2.83. The third kappa shape index (κ3) is 3.98. The van der Waals surface area contributed by atoms with Crippen LogP contribution < -0.4 is 10.5 Å². The predicted molar refractivity (Wildman–Crippen MR) is 73.7 cm³/mol. The van der Waals surface area contributed by atoms with Crippen molar-refractivity contribution in [2.75, 3.05) is 33.4 Å². The summed E-state index contributed by atoms with van der Waals surface area (Å²) in [6, 6.07) is 8.12. The third-order valence-corrected chi connectivity index (χ3v) is 3.06. The molecule has 0 amide bonds. The number of hydrogen-bond acceptors (Lipinski definition) is 4. The molecule has 18 heavy (non-hydrogen) atoms. The molecule has 4 heteroatoms. The van der Waals surface area contributed by atoms with Crippen LogP contribution in [-0.2, 0) is 0 Å². The van der Waals surface area contributed by atoms with Gasteiger partial charge in [0.2, 0.25) is 0 Å². The van der Waals surface area contributed by atoms with E-state index in [1.807, 2.05) is 24.3 Å². The van der Waals surface area contributed by atoms with E-state index in [2.05, 4.69) is 11.8 Å². The number of methoxy groups -OCH3 is 1. The second kappa shape index (κ2) is 8.08. The maximum Gasteiger partial charge on any atom is 0.118 e. The molecule has 4 nitrogen and oxygen atoms in total. The summed E-state index contributed by atoms with van der Waals surface area (Å²) in [4.78, 5) is 2.22. The summed E-state index contributed by atoms with van der Waals surface area (Å²) in [7, 11) is 1.66. The molecule has 0 bridgehead atoms. The first-order valence-electron chi connectivity index (χ1n) is 6.45. The lowest BCUT2D eigenvalue weighted by Crippen LogP contribution is -2.36. The normalized spacial score (nSPS) is 12.7. The van der Waals surface area contributed by atoms with Gasteiger partial charge in [-0.1, -0.05) is 19.1 Å². The van der Waals surface area contributed by atoms with Gasteiger partial charge in [-0.05, 0) is 30.7 Å². The lowest BCUT2D eigenvalue weighted by Gasteiger charge is -2.30. The Hall–Kier alpha value is -1.10. The van der Waals surface area contributed by atoms with Gasteiger partial charge in [0.05, 0.1) is 13.7 Å². The van der Waals surface area contributed by atoms with Crippen LogP contribution in [0, 0.1) is 0 Å². The molecule has 0 heterocycles. The van der Waals surface area contributed by atoms with E-state index in [4.69, 9.17) is 15.6 Å². The molecule has 0 spiro atoms. The zero-order chi connectivity index (χ0) is 13.4. The van der Waals surface area contributed by atoms with Crippen molar-refractivity contribution in [2.24, 2.45) is 5.73 Å². The zero-order valence-corrected chi connectivity index (χ0v) is 11.3. The van der Waals surface area contributed by atoms with Gasteiger partial charge >= 0.3 is 0 Å². The van der Waals surface area contributed by atoms with Crippen molar-refractivity contribution < 1.29 is 9.84 Å². The molecule has 0 aliphatic carbocycles. The monoisotopic (exact) mass is 252 g/mol. The lowest BCUT2D eigenvalue weighted by atomic mass is 10.0. The van der Waals surface area contributed by atoms with E-state index in [1.165, 1.54) is 5.56 Å². The minimum Gasteiger partial charge on any atom is -0.497 e. The fourth-order valence-electron chi connectivity index (χ4n) is 2.16. The molecule has 0 aliphatic rings. The summed E-state index contributed by atoms with van der Waals surface area (Å²) in [5.41, 5.74) is 7.05. The Labute approximate surface area is 109 Å². The maximum atomic E-state index is 9.13. The van der Waals surface area contributed by atoms with Crippen molar-refractivity contribution >= 4 is 0 Å². The van der Waals surface area contributed by atoms with Crippen LogP contribution in [-0.4, -0.2) is 43.4 Å². The second-order valence-corrected chi connectivity index (χ2v) is 4.28. The van der Waals surface area contributed by atoms with Crippen molar-refractivity contribution in [3.8, 4) is 5.75 Å². The largest absolute Gasteiger partial charge is 0.497 e. The Morgan fingerprint density at radius 3 is 2.39 bits per heavy atom. The van der Waals surface area contributed by atoms with Gasteiger partial charge in [-0.25, -0.2) is 0 Å². The quantitative estimate of drug-likeness (QED) is 0.734. The molecule has 0 saturated heterocycles. The Morgan fingerprint density at radius 1 is 1.28 bits per heavy atom. The van der Waals surface area contributed by atoms with Crippen LogP contribution in [0.15, 0.2) is 24.3 Å². The highest BCUT2D eigenvalue weighted by atomic mass is 16.5. The molecule has 1 rings (SSSR count). The highest BCUT2D eigenvalue weighted by molar-refractivity contribution is 5.29. The van der Waals surface area contributed by atoms with Gasteiger partial charge < -0.3 is 15.6 Å². The smallest absolute Gasteiger partial charge is 0.118 e. The van der Waals surface area contributed by atoms with Crippen LogP contribution in [0.25, 0.3) is 0 Å². The summed E-state index contributed by atoms with van der Waals surface area (Å²) in [6.07, 6.45) is 1.05. The maximum absolute atomic E-state index is 9.13. The van der Waals surface area contributed by atoms with E-state index < -0.39 is 0 Å². The van der Waals surface area contributed by atoms with Crippen molar-refractivity contribution in [1.29, 1.82) is 0 Å². The molecule has 0 aliphatic heterocycles. The van der Waals surface area contributed by atoms with Crippen LogP contribution in [0.5, 0.6) is 5.75 Å². The summed E-state index contributed by atoms with van der Waals surface area (Å²) in [5.74, 6) is 0.846. The first-order chi connectivity index (χ1) is 8.76. The molecule has 0 saturated carbocycles. The van der Waals surface area contributed by atoms with E-state index in [1.54, 1.807) is 7.11 Å². The molecular weight excluding hydrogens is 228 g/mol. The number of hydrogen-bond donors (Lipinski definition) is 2. The first kappa shape index (κ1) is 15.0. The van der Waals surface area contributed by atoms with Gasteiger partial charge in [-0.3, -0.25) is 4.90 Å². The number of ether oxygens (including phenoxy) is 1. The van der Waals surface area contributed by atoms with Crippen molar-refractivity contribution in [3.63, 3.8) is 0 Å². The Bertz CT molecular complexity index is 321. The second-order valence-electron chi connectivity index (χ2n) is 4.28. The van der Waals surface area contributed by atoms with Gasteiger partial charge in [0.1, 0.15) is 5.75 Å². The third-order valence-electron chi connectivity index (χ3n) is 3.06. The van der Waals surface area contributed by atoms with Gasteiger partial charge in [0.25, 0.3) is 0 Å². The number of aliphatic hydroxyl groups excluding tert-OH is 1. The fraction of sp³-hybridized carbons (Fsp3) is 0.571. The molecule has 1 aromatic carbocycles. The molecule has 1 unspecified atom stereocenters. The molecule has 1 atom stereocenters. The fourth-order valence-corrected chi connectivity index (χ4v) is 2.16. The van der Waals surface area contributed by atoms with Crippen LogP contribution >= 0.6 is 0 Å². The molecule has 1 aromatic rings. The zero-order valence-electron chi connectivity index (χ0n) is 11.3. The summed E-state index contributed by atoms with van der Waals surface area (Å²) in [6.45, 7) is 4.43. The summed E-state index contributed by atoms with van der Waals surface area (Å²) < 4.78 is 5.15. The molecule has 0 fully saturated rings. The number of nitrogens with two attached hydrogens (primary N) is 1. The van der Waals surface area contributed by atoms with Crippen LogP contribution in [0.2, 0.25) is 0 Å². The van der Waals surface area contributed by atoms with Gasteiger partial charge in [-0.2, -0.15) is 0 Å². The highest BCUT2D eigenvalue weighted by Crippen LogP contribution is 2.22. The van der Waals surface area contributed by atoms with Gasteiger partial charge in [-0.15, -0.1) is 0 Å². The van der Waals surface area contributed by atoms with Gasteiger partial charge in [0, 0.05) is 19.1 Å². The lowest BCUT2D eigenvalue weighted by molar-refractivity contribution is 0.153. The molecule has 3 N–H and O–H groups in total. The SMILES string of the molecule is CCCN(CCO)C(CN)c1ccc(OC)cc1. The van der Waals surface area contributed by atoms with Crippen LogP contribution in [0.4, 0.5) is 0 Å². The summed E-state index contributed by atoms with van der Waals surface area (Å²) >= 11 is 0. The summed E-state index contributed by atoms with van der Waals surface area (Å²) in [5, 5.41) is 9.13. The minimum atomic E-state index is 0.156. The van der Waals surface area contributed by atoms with E-state index in [0.717, 1.165) is 18.7 Å². The van der Waals surface area contributed by atoms with E-state index >= 15 is 0 Å². The molecule has 102 valence electrons. The minimum absolute atomic E-state index is 0.156. The van der Waals surface area contributed by atoms with E-state index in [-0.39, 0.29) is 12.6 Å². The van der Waals surface area contributed by atoms with E-state index in [9.17, 15) is 0 Å². The van der Waals surface area contributed by atoms with Crippen LogP contribution in [0.3, 0.4) is 0 Å². The van der Waals surface area contributed by atoms with E-state index in [0.29, 0.717) is 13.1 Å². The average Bonchev–Trinajstić information content (AvgIpc) is 2.41. The van der Waals surface area contributed by atoms with Crippen molar-refractivity contribution in [1.82, 2.24) is 4.90 Å². The molecule has 0 radical (unpaired) electrons. The predicted octanol–water partition coefficient (Wildman–Crippen LogP) is 1.40. The number of aliphatic hydroxyl groups is 1. The number of nitrogens with zero attached hydrogens (tertiary/aromatic N) is 1. The van der Waals surface area contributed by atoms with Crippen LogP contribution in [0.1, 0.15) is 24.9 Å². The molecule has 0 aromatic heterocycles. The first-order valence-corrected chi connectivity index (χ1v) is 6.45. The topological polar surface area (TPSA) is 58.7 Å². The standard InChI is InChI=1S/C14H24N2O2/c1-3-8-16(9-10-17)14(11-15)12-4-6-13(18-2)7-5-12/h4-7,14,17H,3,8-11,15H2,1-2H3. The Morgan fingerprint density at radius 2 is 1.94 bits per heavy atom. The highest BCUT2D eigenvalue weighted by Gasteiger charge is 2.17. The number of rotatable bonds is 8. The van der Waals surface area contributed by atoms with Gasteiger partial charge in [0.15, 0.2) is 0 Å². The van der Waals surface area contributed by atoms with Crippen molar-refractivity contribution in [2.45, 2.75) is 19.4 Å². The average molecular weight is 252 g/mol.